The summed E-state index contributed by atoms with van der Waals surface area (Å²) in [5.74, 6) is -0.441. The molecule has 2 aliphatic heterocycles. The number of hydrogen-bond donors (Lipinski definition) is 1. The lowest BCUT2D eigenvalue weighted by atomic mass is 9.90. The van der Waals surface area contributed by atoms with E-state index in [-0.39, 0.29) is 5.54 Å². The molecule has 2 saturated heterocycles. The minimum atomic E-state index is -2.17. The fraction of sp³-hybridized carbons (Fsp3) is 1.00. The first-order chi connectivity index (χ1) is 6.18. The Balaban J connectivity index is 2.09. The van der Waals surface area contributed by atoms with E-state index >= 15 is 0 Å². The zero-order chi connectivity index (χ0) is 9.47. The van der Waals surface area contributed by atoms with Gasteiger partial charge in [0.05, 0.1) is 0 Å². The van der Waals surface area contributed by atoms with Crippen molar-refractivity contribution < 1.29 is 8.78 Å². The molecule has 76 valence electrons. The molecule has 2 heterocycles. The highest BCUT2D eigenvalue weighted by molar-refractivity contribution is 5.04. The molecule has 0 aromatic rings. The molecule has 2 N–H and O–H groups in total. The van der Waals surface area contributed by atoms with Gasteiger partial charge < -0.3 is 5.73 Å². The molecule has 2 rings (SSSR count). The molecular weight excluding hydrogens is 174 g/mol. The highest BCUT2D eigenvalue weighted by atomic mass is 19.3. The first-order valence-electron chi connectivity index (χ1n) is 4.91. The van der Waals surface area contributed by atoms with Crippen LogP contribution in [0.1, 0.15) is 19.3 Å². The van der Waals surface area contributed by atoms with Crippen LogP contribution in [0.5, 0.6) is 0 Å². The smallest absolute Gasteiger partial charge is 0.242 e. The summed E-state index contributed by atoms with van der Waals surface area (Å²) in [6.07, 6.45) is 0.551. The Bertz CT molecular complexity index is 198. The van der Waals surface area contributed by atoms with Crippen molar-refractivity contribution >= 4 is 0 Å². The number of hydrogen-bond acceptors (Lipinski definition) is 2. The second-order valence-corrected chi connectivity index (χ2v) is 4.28. The molecule has 0 aliphatic carbocycles. The van der Waals surface area contributed by atoms with Crippen molar-refractivity contribution in [2.24, 2.45) is 11.7 Å². The van der Waals surface area contributed by atoms with Crippen LogP contribution >= 0.6 is 0 Å². The third-order valence-electron chi connectivity index (χ3n) is 3.57. The molecule has 0 aromatic carbocycles. The van der Waals surface area contributed by atoms with Crippen LogP contribution in [0.2, 0.25) is 0 Å². The summed E-state index contributed by atoms with van der Waals surface area (Å²) in [6.45, 7) is 2.05. The molecule has 2 unspecified atom stereocenters. The van der Waals surface area contributed by atoms with Gasteiger partial charge in [-0.15, -0.1) is 0 Å². The molecule has 0 bridgehead atoms. The van der Waals surface area contributed by atoms with Gasteiger partial charge in [0.2, 0.25) is 6.43 Å². The average Bonchev–Trinajstić information content (AvgIpc) is 2.58. The second kappa shape index (κ2) is 3.17. The maximum absolute atomic E-state index is 12.5. The van der Waals surface area contributed by atoms with E-state index in [9.17, 15) is 8.78 Å². The van der Waals surface area contributed by atoms with Crippen molar-refractivity contribution in [2.45, 2.75) is 31.2 Å². The van der Waals surface area contributed by atoms with E-state index in [1.165, 1.54) is 0 Å². The number of rotatable bonds is 2. The van der Waals surface area contributed by atoms with Crippen LogP contribution in [-0.4, -0.2) is 36.5 Å². The quantitative estimate of drug-likeness (QED) is 0.705. The van der Waals surface area contributed by atoms with Crippen LogP contribution in [0.4, 0.5) is 8.78 Å². The van der Waals surface area contributed by atoms with Crippen LogP contribution in [0.3, 0.4) is 0 Å². The largest absolute Gasteiger partial charge is 0.329 e. The van der Waals surface area contributed by atoms with Gasteiger partial charge in [0.1, 0.15) is 0 Å². The van der Waals surface area contributed by atoms with E-state index in [1.54, 1.807) is 0 Å². The molecule has 0 aromatic heterocycles. The van der Waals surface area contributed by atoms with E-state index in [0.29, 0.717) is 19.5 Å². The molecule has 0 amide bonds. The number of halogens is 2. The molecule has 2 nitrogen and oxygen atoms in total. The van der Waals surface area contributed by atoms with Crippen LogP contribution in [0, 0.1) is 5.92 Å². The Hall–Kier alpha value is -0.220. The van der Waals surface area contributed by atoms with E-state index in [2.05, 4.69) is 4.90 Å². The molecule has 0 spiro atoms. The molecule has 2 aliphatic rings. The highest BCUT2D eigenvalue weighted by Gasteiger charge is 2.49. The van der Waals surface area contributed by atoms with Crippen molar-refractivity contribution in [2.75, 3.05) is 19.6 Å². The normalized spacial score (nSPS) is 40.2. The first-order valence-corrected chi connectivity index (χ1v) is 4.91. The van der Waals surface area contributed by atoms with Crippen LogP contribution in [-0.2, 0) is 0 Å². The van der Waals surface area contributed by atoms with Gasteiger partial charge in [-0.2, -0.15) is 0 Å². The van der Waals surface area contributed by atoms with Crippen LogP contribution in [0.15, 0.2) is 0 Å². The third kappa shape index (κ3) is 1.36. The standard InChI is InChI=1S/C9H16F2N2/c10-8(11)7-4-9(6-12)2-1-3-13(9)5-7/h7-8H,1-6,12H2. The Kier molecular flexibility index (Phi) is 2.28. The van der Waals surface area contributed by atoms with Gasteiger partial charge in [0, 0.05) is 24.5 Å². The van der Waals surface area contributed by atoms with Gasteiger partial charge in [-0.25, -0.2) is 8.78 Å². The van der Waals surface area contributed by atoms with Gasteiger partial charge in [0.25, 0.3) is 0 Å². The van der Waals surface area contributed by atoms with Crippen molar-refractivity contribution in [1.29, 1.82) is 0 Å². The minimum absolute atomic E-state index is 0.0684. The highest BCUT2D eigenvalue weighted by Crippen LogP contribution is 2.42. The number of alkyl halides is 2. The van der Waals surface area contributed by atoms with Crippen LogP contribution < -0.4 is 5.73 Å². The summed E-state index contributed by atoms with van der Waals surface area (Å²) in [7, 11) is 0. The number of nitrogens with two attached hydrogens (primary N) is 1. The van der Waals surface area contributed by atoms with Crippen molar-refractivity contribution in [3.05, 3.63) is 0 Å². The lowest BCUT2D eigenvalue weighted by Crippen LogP contribution is -2.44. The summed E-state index contributed by atoms with van der Waals surface area (Å²) in [5.41, 5.74) is 5.62. The van der Waals surface area contributed by atoms with Crippen molar-refractivity contribution in [1.82, 2.24) is 4.90 Å². The SMILES string of the molecule is NCC12CCCN1CC(C(F)F)C2. The predicted octanol–water partition coefficient (Wildman–Crippen LogP) is 1.06. The van der Waals surface area contributed by atoms with Gasteiger partial charge in [0.15, 0.2) is 0 Å². The Morgan fingerprint density at radius 2 is 2.31 bits per heavy atom. The molecule has 4 heteroatoms. The second-order valence-electron chi connectivity index (χ2n) is 4.28. The van der Waals surface area contributed by atoms with Crippen LogP contribution in [0.25, 0.3) is 0 Å². The molecule has 2 atom stereocenters. The topological polar surface area (TPSA) is 29.3 Å². The molecule has 13 heavy (non-hydrogen) atoms. The zero-order valence-electron chi connectivity index (χ0n) is 7.68. The summed E-state index contributed by atoms with van der Waals surface area (Å²) < 4.78 is 25.0. The Morgan fingerprint density at radius 1 is 1.54 bits per heavy atom. The number of nitrogens with zero attached hydrogens (tertiary/aromatic N) is 1. The molecule has 0 saturated carbocycles. The van der Waals surface area contributed by atoms with E-state index < -0.39 is 12.3 Å². The van der Waals surface area contributed by atoms with Gasteiger partial charge in [-0.05, 0) is 25.8 Å². The number of fused-ring (bicyclic) bond motifs is 1. The molecular formula is C9H16F2N2. The maximum atomic E-state index is 12.5. The maximum Gasteiger partial charge on any atom is 0.242 e. The fourth-order valence-electron chi connectivity index (χ4n) is 2.83. The Morgan fingerprint density at radius 3 is 2.85 bits per heavy atom. The predicted molar refractivity (Wildman–Crippen MR) is 46.7 cm³/mol. The molecule has 0 radical (unpaired) electrons. The third-order valence-corrected chi connectivity index (χ3v) is 3.57. The minimum Gasteiger partial charge on any atom is -0.329 e. The van der Waals surface area contributed by atoms with E-state index in [1.807, 2.05) is 0 Å². The Labute approximate surface area is 77.1 Å². The van der Waals surface area contributed by atoms with Gasteiger partial charge in [-0.1, -0.05) is 0 Å². The zero-order valence-corrected chi connectivity index (χ0v) is 7.68. The lowest BCUT2D eigenvalue weighted by molar-refractivity contribution is 0.0800. The molecule has 2 fully saturated rings. The summed E-state index contributed by atoms with van der Waals surface area (Å²) >= 11 is 0. The van der Waals surface area contributed by atoms with Crippen molar-refractivity contribution in [3.63, 3.8) is 0 Å². The average molecular weight is 190 g/mol. The fourth-order valence-corrected chi connectivity index (χ4v) is 2.83. The lowest BCUT2D eigenvalue weighted by Gasteiger charge is -2.30. The monoisotopic (exact) mass is 190 g/mol. The summed E-state index contributed by atoms with van der Waals surface area (Å²) in [4.78, 5) is 2.17. The van der Waals surface area contributed by atoms with E-state index in [0.717, 1.165) is 19.4 Å². The summed E-state index contributed by atoms with van der Waals surface area (Å²) in [5, 5.41) is 0. The van der Waals surface area contributed by atoms with Crippen molar-refractivity contribution in [3.8, 4) is 0 Å². The first kappa shape index (κ1) is 9.34. The van der Waals surface area contributed by atoms with Gasteiger partial charge in [-0.3, -0.25) is 4.90 Å². The van der Waals surface area contributed by atoms with E-state index in [4.69, 9.17) is 5.73 Å². The van der Waals surface area contributed by atoms with Gasteiger partial charge >= 0.3 is 0 Å². The summed E-state index contributed by atoms with van der Waals surface area (Å²) in [6, 6.07) is 0.